The van der Waals surface area contributed by atoms with Gasteiger partial charge in [0, 0.05) is 17.6 Å². The van der Waals surface area contributed by atoms with E-state index in [9.17, 15) is 4.79 Å². The molecule has 0 aliphatic carbocycles. The quantitative estimate of drug-likeness (QED) is 0.817. The fourth-order valence-corrected chi connectivity index (χ4v) is 2.47. The lowest BCUT2D eigenvalue weighted by atomic mass is 10.1. The van der Waals surface area contributed by atoms with E-state index in [0.29, 0.717) is 13.0 Å². The molecule has 6 heteroatoms. The Morgan fingerprint density at radius 1 is 1.53 bits per heavy atom. The molecule has 0 fully saturated rings. The van der Waals surface area contributed by atoms with E-state index < -0.39 is 0 Å². The Kier molecular flexibility index (Phi) is 5.00. The summed E-state index contributed by atoms with van der Waals surface area (Å²) in [6.07, 6.45) is 3.52. The Morgan fingerprint density at radius 2 is 2.42 bits per heavy atom. The number of hydrogen-bond donors (Lipinski definition) is 1. The zero-order valence-electron chi connectivity index (χ0n) is 10.6. The van der Waals surface area contributed by atoms with Crippen molar-refractivity contribution >= 4 is 17.3 Å². The molecule has 2 aromatic rings. The van der Waals surface area contributed by atoms with Crippen LogP contribution in [0, 0.1) is 0 Å². The van der Waals surface area contributed by atoms with Crippen LogP contribution in [0.1, 0.15) is 23.0 Å². The minimum absolute atomic E-state index is 0.0533. The lowest BCUT2D eigenvalue weighted by molar-refractivity contribution is -0.141. The van der Waals surface area contributed by atoms with Crippen LogP contribution in [0.3, 0.4) is 0 Å². The predicted molar refractivity (Wildman–Crippen MR) is 72.6 cm³/mol. The van der Waals surface area contributed by atoms with E-state index in [1.165, 1.54) is 13.4 Å². The molecule has 0 spiro atoms. The van der Waals surface area contributed by atoms with Crippen molar-refractivity contribution in [2.24, 2.45) is 0 Å². The number of thiophene rings is 1. The van der Waals surface area contributed by atoms with Gasteiger partial charge in [0.1, 0.15) is 6.33 Å². The summed E-state index contributed by atoms with van der Waals surface area (Å²) in [4.78, 5) is 20.6. The highest BCUT2D eigenvalue weighted by molar-refractivity contribution is 7.10. The van der Waals surface area contributed by atoms with E-state index in [1.54, 1.807) is 17.5 Å². The monoisotopic (exact) mass is 277 g/mol. The van der Waals surface area contributed by atoms with Crippen molar-refractivity contribution in [2.45, 2.75) is 19.0 Å². The summed E-state index contributed by atoms with van der Waals surface area (Å²) < 4.78 is 4.73. The molecule has 1 unspecified atom stereocenters. The standard InChI is InChI=1S/C13H15N3O2S/c1-18-13(17)7-11(12-3-2-6-19-12)15-8-10-4-5-14-9-16-10/h2-6,9,11,15H,7-8H2,1H3. The van der Waals surface area contributed by atoms with Gasteiger partial charge >= 0.3 is 5.97 Å². The number of methoxy groups -OCH3 is 1. The summed E-state index contributed by atoms with van der Waals surface area (Å²) in [7, 11) is 1.40. The highest BCUT2D eigenvalue weighted by Crippen LogP contribution is 2.22. The van der Waals surface area contributed by atoms with Gasteiger partial charge in [-0.15, -0.1) is 11.3 Å². The normalized spacial score (nSPS) is 12.1. The van der Waals surface area contributed by atoms with Gasteiger partial charge in [0.25, 0.3) is 0 Å². The van der Waals surface area contributed by atoms with E-state index in [0.717, 1.165) is 10.6 Å². The summed E-state index contributed by atoms with van der Waals surface area (Å²) in [5.41, 5.74) is 0.890. The number of rotatable bonds is 6. The van der Waals surface area contributed by atoms with Gasteiger partial charge in [0.05, 0.1) is 25.3 Å². The van der Waals surface area contributed by atoms with E-state index in [2.05, 4.69) is 15.3 Å². The molecule has 0 radical (unpaired) electrons. The Balaban J connectivity index is 2.00. The minimum atomic E-state index is -0.228. The molecule has 0 aliphatic rings. The van der Waals surface area contributed by atoms with Crippen molar-refractivity contribution in [1.29, 1.82) is 0 Å². The van der Waals surface area contributed by atoms with Crippen LogP contribution in [-0.2, 0) is 16.1 Å². The molecule has 100 valence electrons. The molecule has 0 saturated heterocycles. The SMILES string of the molecule is COC(=O)CC(NCc1ccncn1)c1cccs1. The average molecular weight is 277 g/mol. The summed E-state index contributed by atoms with van der Waals surface area (Å²) in [5, 5.41) is 5.32. The van der Waals surface area contributed by atoms with Gasteiger partial charge in [-0.25, -0.2) is 9.97 Å². The molecule has 2 rings (SSSR count). The van der Waals surface area contributed by atoms with Crippen LogP contribution >= 0.6 is 11.3 Å². The number of hydrogen-bond acceptors (Lipinski definition) is 6. The zero-order chi connectivity index (χ0) is 13.5. The summed E-state index contributed by atoms with van der Waals surface area (Å²) >= 11 is 1.62. The van der Waals surface area contributed by atoms with E-state index in [-0.39, 0.29) is 12.0 Å². The third kappa shape index (κ3) is 4.11. The van der Waals surface area contributed by atoms with Crippen molar-refractivity contribution < 1.29 is 9.53 Å². The molecule has 5 nitrogen and oxygen atoms in total. The first-order chi connectivity index (χ1) is 9.29. The molecule has 0 aliphatic heterocycles. The number of nitrogens with zero attached hydrogens (tertiary/aromatic N) is 2. The van der Waals surface area contributed by atoms with Crippen LogP contribution < -0.4 is 5.32 Å². The van der Waals surface area contributed by atoms with Crippen LogP contribution in [0.5, 0.6) is 0 Å². The van der Waals surface area contributed by atoms with Gasteiger partial charge in [-0.05, 0) is 17.5 Å². The number of esters is 1. The maximum absolute atomic E-state index is 11.4. The second-order valence-corrected chi connectivity index (χ2v) is 4.91. The van der Waals surface area contributed by atoms with Crippen LogP contribution in [0.15, 0.2) is 36.1 Å². The highest BCUT2D eigenvalue weighted by atomic mass is 32.1. The van der Waals surface area contributed by atoms with E-state index in [4.69, 9.17) is 4.74 Å². The first kappa shape index (κ1) is 13.6. The second-order valence-electron chi connectivity index (χ2n) is 3.93. The van der Waals surface area contributed by atoms with Crippen LogP contribution in [-0.4, -0.2) is 23.0 Å². The maximum atomic E-state index is 11.4. The first-order valence-electron chi connectivity index (χ1n) is 5.88. The predicted octanol–water partition coefficient (Wildman–Crippen LogP) is 1.93. The number of aromatic nitrogens is 2. The molecule has 2 aromatic heterocycles. The Bertz CT molecular complexity index is 502. The van der Waals surface area contributed by atoms with Crippen molar-refractivity contribution in [3.05, 3.63) is 46.7 Å². The second kappa shape index (κ2) is 6.96. The molecule has 0 amide bonds. The third-order valence-corrected chi connectivity index (χ3v) is 3.64. The fraction of sp³-hybridized carbons (Fsp3) is 0.308. The molecule has 1 atom stereocenters. The molecule has 1 N–H and O–H groups in total. The largest absolute Gasteiger partial charge is 0.469 e. The highest BCUT2D eigenvalue weighted by Gasteiger charge is 2.17. The Labute approximate surface area is 115 Å². The summed E-state index contributed by atoms with van der Waals surface area (Å²) in [5.74, 6) is -0.228. The molecular formula is C13H15N3O2S. The smallest absolute Gasteiger partial charge is 0.307 e. The summed E-state index contributed by atoms with van der Waals surface area (Å²) in [6, 6.07) is 5.76. The number of ether oxygens (including phenoxy) is 1. The molecule has 0 aromatic carbocycles. The third-order valence-electron chi connectivity index (χ3n) is 2.66. The minimum Gasteiger partial charge on any atom is -0.469 e. The van der Waals surface area contributed by atoms with Gasteiger partial charge in [-0.3, -0.25) is 4.79 Å². The van der Waals surface area contributed by atoms with E-state index >= 15 is 0 Å². The first-order valence-corrected chi connectivity index (χ1v) is 6.76. The number of nitrogens with one attached hydrogen (secondary N) is 1. The molecular weight excluding hydrogens is 262 g/mol. The van der Waals surface area contributed by atoms with Crippen LogP contribution in [0.2, 0.25) is 0 Å². The van der Waals surface area contributed by atoms with Crippen molar-refractivity contribution in [3.63, 3.8) is 0 Å². The van der Waals surface area contributed by atoms with Crippen molar-refractivity contribution in [3.8, 4) is 0 Å². The lowest BCUT2D eigenvalue weighted by Gasteiger charge is -2.15. The Morgan fingerprint density at radius 3 is 3.05 bits per heavy atom. The molecule has 0 bridgehead atoms. The van der Waals surface area contributed by atoms with Gasteiger partial charge in [0.15, 0.2) is 0 Å². The molecule has 0 saturated carbocycles. The average Bonchev–Trinajstić information content (AvgIpc) is 2.98. The lowest BCUT2D eigenvalue weighted by Crippen LogP contribution is -2.23. The van der Waals surface area contributed by atoms with E-state index in [1.807, 2.05) is 23.6 Å². The van der Waals surface area contributed by atoms with Crippen LogP contribution in [0.25, 0.3) is 0 Å². The topological polar surface area (TPSA) is 64.1 Å². The van der Waals surface area contributed by atoms with Crippen molar-refractivity contribution in [1.82, 2.24) is 15.3 Å². The van der Waals surface area contributed by atoms with Gasteiger partial charge in [0.2, 0.25) is 0 Å². The van der Waals surface area contributed by atoms with Crippen molar-refractivity contribution in [2.75, 3.05) is 7.11 Å². The number of carbonyl (C=O) groups is 1. The van der Waals surface area contributed by atoms with Gasteiger partial charge in [-0.1, -0.05) is 6.07 Å². The number of carbonyl (C=O) groups excluding carboxylic acids is 1. The van der Waals surface area contributed by atoms with Gasteiger partial charge < -0.3 is 10.1 Å². The maximum Gasteiger partial charge on any atom is 0.307 e. The molecule has 19 heavy (non-hydrogen) atoms. The fourth-order valence-electron chi connectivity index (χ4n) is 1.66. The summed E-state index contributed by atoms with van der Waals surface area (Å²) in [6.45, 7) is 0.585. The molecule has 2 heterocycles. The van der Waals surface area contributed by atoms with Crippen LogP contribution in [0.4, 0.5) is 0 Å². The zero-order valence-corrected chi connectivity index (χ0v) is 11.4. The Hall–Kier alpha value is -1.79. The van der Waals surface area contributed by atoms with Gasteiger partial charge in [-0.2, -0.15) is 0 Å².